The zero-order valence-electron chi connectivity index (χ0n) is 22.0. The Morgan fingerprint density at radius 2 is 1.25 bits per heavy atom. The van der Waals surface area contributed by atoms with Crippen molar-refractivity contribution in [2.45, 2.75) is 31.1 Å². The molecular weight excluding hydrogens is 486 g/mol. The van der Waals surface area contributed by atoms with Crippen LogP contribution in [0.3, 0.4) is 0 Å². The normalized spacial score (nSPS) is 19.2. The molecule has 5 aromatic carbocycles. The number of fused-ring (bicyclic) bond motifs is 15. The van der Waals surface area contributed by atoms with Crippen molar-refractivity contribution in [2.24, 2.45) is 0 Å². The third kappa shape index (κ3) is 2.18. The van der Waals surface area contributed by atoms with E-state index in [1.807, 2.05) is 22.6 Å². The molecule has 7 aromatic rings. The predicted molar refractivity (Wildman–Crippen MR) is 165 cm³/mol. The lowest BCUT2D eigenvalue weighted by Gasteiger charge is -2.34. The molecule has 2 heteroatoms. The minimum absolute atomic E-state index is 0.0724. The Morgan fingerprint density at radius 1 is 0.575 bits per heavy atom. The lowest BCUT2D eigenvalue weighted by atomic mass is 9.67. The van der Waals surface area contributed by atoms with Gasteiger partial charge in [0.15, 0.2) is 0 Å². The maximum absolute atomic E-state index is 14.2. The van der Waals surface area contributed by atoms with Crippen molar-refractivity contribution in [1.82, 2.24) is 4.40 Å². The molecule has 3 aliphatic carbocycles. The average molecular weight is 512 g/mol. The smallest absolute Gasteiger partial charge is 0.263 e. The molecule has 10 rings (SSSR count). The lowest BCUT2D eigenvalue weighted by molar-refractivity contribution is 0.644. The first-order valence-electron chi connectivity index (χ1n) is 14.5. The molecule has 188 valence electrons. The Bertz CT molecular complexity index is 2350. The van der Waals surface area contributed by atoms with E-state index in [2.05, 4.69) is 84.9 Å². The van der Waals surface area contributed by atoms with Crippen LogP contribution in [0.5, 0.6) is 0 Å². The molecule has 1 spiro atoms. The molecule has 2 heterocycles. The number of benzene rings is 5. The second-order valence-electron chi connectivity index (χ2n) is 11.8. The van der Waals surface area contributed by atoms with E-state index in [9.17, 15) is 4.79 Å². The monoisotopic (exact) mass is 511 g/mol. The van der Waals surface area contributed by atoms with Crippen molar-refractivity contribution in [2.75, 3.05) is 0 Å². The van der Waals surface area contributed by atoms with E-state index in [1.165, 1.54) is 57.0 Å². The van der Waals surface area contributed by atoms with Crippen LogP contribution in [0.1, 0.15) is 47.9 Å². The Kier molecular flexibility index (Phi) is 3.75. The van der Waals surface area contributed by atoms with Gasteiger partial charge in [-0.2, -0.15) is 0 Å². The third-order valence-electron chi connectivity index (χ3n) is 10.2. The number of para-hydroxylation sites is 1. The molecule has 0 aliphatic heterocycles. The molecule has 0 saturated heterocycles. The highest BCUT2D eigenvalue weighted by Gasteiger charge is 2.54. The maximum atomic E-state index is 14.2. The summed E-state index contributed by atoms with van der Waals surface area (Å²) in [5.41, 5.74) is 13.2. The summed E-state index contributed by atoms with van der Waals surface area (Å²) in [4.78, 5) is 14.2. The Hall–Kier alpha value is -4.69. The highest BCUT2D eigenvalue weighted by Crippen LogP contribution is 2.65. The molecule has 0 amide bonds. The standard InChI is InChI=1S/C38H25NO/c40-37-28-14-2-1-10-22(28)27-15-9-16-29-34-33(39(37)36(27)29)21-20-26-25-13-5-8-19-32(25)38(35(26)34)30-17-6-3-11-23(30)24-12-4-7-18-31(24)38/h1-3,5-6,8-11,13-17,19-21H,4,7,12,18H2/t38-/m1/s1. The van der Waals surface area contributed by atoms with Crippen LogP contribution < -0.4 is 5.56 Å². The van der Waals surface area contributed by atoms with Crippen LogP contribution in [-0.2, 0) is 5.41 Å². The van der Waals surface area contributed by atoms with Crippen molar-refractivity contribution in [3.63, 3.8) is 0 Å². The van der Waals surface area contributed by atoms with Crippen LogP contribution in [0.4, 0.5) is 0 Å². The highest BCUT2D eigenvalue weighted by atomic mass is 16.1. The number of hydrogen-bond acceptors (Lipinski definition) is 1. The molecule has 0 N–H and O–H groups in total. The number of hydrogen-bond donors (Lipinski definition) is 0. The zero-order valence-corrected chi connectivity index (χ0v) is 22.0. The zero-order chi connectivity index (χ0) is 26.2. The van der Waals surface area contributed by atoms with Gasteiger partial charge in [0.25, 0.3) is 5.56 Å². The molecular formula is C38H25NO. The average Bonchev–Trinajstić information content (AvgIpc) is 3.62. The SMILES string of the molecule is O=c1c2ccccc2c2cccc3c4c5c(ccc4n1c23)-c1ccccc1[C@@]51C2=C(CCCC2)c2ccccc21. The summed E-state index contributed by atoms with van der Waals surface area (Å²) in [5.74, 6) is 0. The van der Waals surface area contributed by atoms with Crippen molar-refractivity contribution in [1.29, 1.82) is 0 Å². The minimum Gasteiger partial charge on any atom is -0.275 e. The number of aromatic nitrogens is 1. The lowest BCUT2D eigenvalue weighted by Crippen LogP contribution is -2.28. The molecule has 3 aliphatic rings. The third-order valence-corrected chi connectivity index (χ3v) is 10.2. The summed E-state index contributed by atoms with van der Waals surface area (Å²) in [6.45, 7) is 0. The van der Waals surface area contributed by atoms with Crippen LogP contribution >= 0.6 is 0 Å². The number of allylic oxidation sites excluding steroid dienone is 2. The van der Waals surface area contributed by atoms with Crippen molar-refractivity contribution >= 4 is 43.5 Å². The molecule has 0 unspecified atom stereocenters. The van der Waals surface area contributed by atoms with Crippen LogP contribution in [0.2, 0.25) is 0 Å². The van der Waals surface area contributed by atoms with Gasteiger partial charge in [-0.15, -0.1) is 0 Å². The number of nitrogens with zero attached hydrogens (tertiary/aromatic N) is 1. The van der Waals surface area contributed by atoms with Gasteiger partial charge in [0.1, 0.15) is 0 Å². The number of pyridine rings is 1. The fourth-order valence-electron chi connectivity index (χ4n) is 8.85. The van der Waals surface area contributed by atoms with Gasteiger partial charge in [-0.1, -0.05) is 91.0 Å². The van der Waals surface area contributed by atoms with E-state index in [0.717, 1.165) is 40.0 Å². The van der Waals surface area contributed by atoms with Crippen molar-refractivity contribution in [3.05, 3.63) is 141 Å². The van der Waals surface area contributed by atoms with Crippen molar-refractivity contribution < 1.29 is 0 Å². The van der Waals surface area contributed by atoms with Crippen LogP contribution in [0.15, 0.2) is 113 Å². The highest BCUT2D eigenvalue weighted by molar-refractivity contribution is 6.23. The summed E-state index contributed by atoms with van der Waals surface area (Å²) in [6.07, 6.45) is 4.73. The van der Waals surface area contributed by atoms with Crippen LogP contribution in [-0.4, -0.2) is 4.40 Å². The minimum atomic E-state index is -0.323. The second-order valence-corrected chi connectivity index (χ2v) is 11.8. The van der Waals surface area contributed by atoms with E-state index in [-0.39, 0.29) is 11.0 Å². The predicted octanol–water partition coefficient (Wildman–Crippen LogP) is 8.85. The number of rotatable bonds is 0. The second kappa shape index (κ2) is 7.08. The van der Waals surface area contributed by atoms with E-state index < -0.39 is 0 Å². The quantitative estimate of drug-likeness (QED) is 0.186. The maximum Gasteiger partial charge on any atom is 0.263 e. The van der Waals surface area contributed by atoms with Gasteiger partial charge in [-0.05, 0) is 87.7 Å². The Balaban J connectivity index is 1.50. The van der Waals surface area contributed by atoms with Gasteiger partial charge in [-0.25, -0.2) is 0 Å². The summed E-state index contributed by atoms with van der Waals surface area (Å²) < 4.78 is 2.01. The largest absolute Gasteiger partial charge is 0.275 e. The van der Waals surface area contributed by atoms with Crippen molar-refractivity contribution in [3.8, 4) is 11.1 Å². The first-order chi connectivity index (χ1) is 19.8. The van der Waals surface area contributed by atoms with Gasteiger partial charge in [-0.3, -0.25) is 9.20 Å². The van der Waals surface area contributed by atoms with Crippen LogP contribution in [0, 0.1) is 0 Å². The Morgan fingerprint density at radius 3 is 2.12 bits per heavy atom. The van der Waals surface area contributed by atoms with Gasteiger partial charge in [0.2, 0.25) is 0 Å². The van der Waals surface area contributed by atoms with Gasteiger partial charge in [0.05, 0.1) is 16.4 Å². The summed E-state index contributed by atoms with van der Waals surface area (Å²) in [6, 6.07) is 37.4. The molecule has 2 aromatic heterocycles. The van der Waals surface area contributed by atoms with Gasteiger partial charge in [0, 0.05) is 21.5 Å². The fourth-order valence-corrected chi connectivity index (χ4v) is 8.85. The first kappa shape index (κ1) is 21.2. The van der Waals surface area contributed by atoms with E-state index in [4.69, 9.17) is 0 Å². The molecule has 0 bridgehead atoms. The van der Waals surface area contributed by atoms with E-state index in [0.29, 0.717) is 0 Å². The van der Waals surface area contributed by atoms with Crippen LogP contribution in [0.25, 0.3) is 54.7 Å². The molecule has 0 fully saturated rings. The summed E-state index contributed by atoms with van der Waals surface area (Å²) >= 11 is 0. The fraction of sp³-hybridized carbons (Fsp3) is 0.132. The summed E-state index contributed by atoms with van der Waals surface area (Å²) in [7, 11) is 0. The van der Waals surface area contributed by atoms with Gasteiger partial charge < -0.3 is 0 Å². The molecule has 1 atom stereocenters. The topological polar surface area (TPSA) is 21.5 Å². The molecule has 2 nitrogen and oxygen atoms in total. The first-order valence-corrected chi connectivity index (χ1v) is 14.5. The molecule has 0 saturated carbocycles. The Labute approximate surface area is 231 Å². The molecule has 40 heavy (non-hydrogen) atoms. The van der Waals surface area contributed by atoms with E-state index in [1.54, 1.807) is 11.1 Å². The molecule has 0 radical (unpaired) electrons. The van der Waals surface area contributed by atoms with Gasteiger partial charge >= 0.3 is 0 Å². The summed E-state index contributed by atoms with van der Waals surface area (Å²) in [5, 5.41) is 5.38. The van der Waals surface area contributed by atoms with E-state index >= 15 is 0 Å².